The van der Waals surface area contributed by atoms with Crippen molar-refractivity contribution in [1.29, 1.82) is 0 Å². The minimum absolute atomic E-state index is 0.206. The summed E-state index contributed by atoms with van der Waals surface area (Å²) in [4.78, 5) is 3.88. The number of hydrogen-bond acceptors (Lipinski definition) is 3. The van der Waals surface area contributed by atoms with E-state index in [9.17, 15) is 0 Å². The molecule has 1 aromatic rings. The Morgan fingerprint density at radius 1 is 1.38 bits per heavy atom. The Morgan fingerprint density at radius 3 is 2.92 bits per heavy atom. The van der Waals surface area contributed by atoms with Gasteiger partial charge in [-0.2, -0.15) is 0 Å². The van der Waals surface area contributed by atoms with Crippen LogP contribution in [0.1, 0.15) is 12.8 Å². The third-order valence-electron chi connectivity index (χ3n) is 1.50. The number of hydrogen-bond donors (Lipinski definition) is 1. The van der Waals surface area contributed by atoms with Gasteiger partial charge in [-0.05, 0) is 12.8 Å². The fourth-order valence-corrected chi connectivity index (χ4v) is 1.04. The van der Waals surface area contributed by atoms with Crippen LogP contribution in [0.15, 0.2) is 18.5 Å². The summed E-state index contributed by atoms with van der Waals surface area (Å²) < 4.78 is 5.33. The van der Waals surface area contributed by atoms with Gasteiger partial charge in [0, 0.05) is 18.9 Å². The molecule has 72 valence electrons. The molecule has 0 aliphatic rings. The van der Waals surface area contributed by atoms with Crippen LogP contribution in [-0.4, -0.2) is 23.3 Å². The Kier molecular flexibility index (Phi) is 4.57. The van der Waals surface area contributed by atoms with Crippen molar-refractivity contribution in [1.82, 2.24) is 4.98 Å². The highest BCUT2D eigenvalue weighted by Gasteiger charge is 1.94. The van der Waals surface area contributed by atoms with E-state index in [1.165, 1.54) is 0 Å². The van der Waals surface area contributed by atoms with Crippen LogP contribution in [0.3, 0.4) is 0 Å². The number of ether oxygens (including phenoxy) is 1. The lowest BCUT2D eigenvalue weighted by molar-refractivity contribution is 0.253. The first-order chi connectivity index (χ1) is 6.33. The molecule has 1 rings (SSSR count). The topological polar surface area (TPSA) is 42.4 Å². The number of halogens is 1. The van der Waals surface area contributed by atoms with E-state index < -0.39 is 0 Å². The molecule has 1 heterocycles. The fourth-order valence-electron chi connectivity index (χ4n) is 0.875. The lowest BCUT2D eigenvalue weighted by atomic mass is 10.3. The molecule has 0 amide bonds. The van der Waals surface area contributed by atoms with Crippen molar-refractivity contribution in [2.24, 2.45) is 0 Å². The second-order valence-electron chi connectivity index (χ2n) is 2.62. The molecule has 0 bridgehead atoms. The van der Waals surface area contributed by atoms with E-state index in [1.54, 1.807) is 18.5 Å². The first kappa shape index (κ1) is 10.3. The van der Waals surface area contributed by atoms with Crippen LogP contribution in [0.25, 0.3) is 0 Å². The highest BCUT2D eigenvalue weighted by Crippen LogP contribution is 2.15. The van der Waals surface area contributed by atoms with E-state index in [4.69, 9.17) is 21.4 Å². The maximum atomic E-state index is 8.52. The lowest BCUT2D eigenvalue weighted by Crippen LogP contribution is -1.98. The van der Waals surface area contributed by atoms with E-state index in [0.717, 1.165) is 12.8 Å². The van der Waals surface area contributed by atoms with Gasteiger partial charge in [-0.3, -0.25) is 4.98 Å². The predicted octanol–water partition coefficient (Wildman–Crippen LogP) is 1.89. The van der Waals surface area contributed by atoms with Gasteiger partial charge < -0.3 is 9.84 Å². The van der Waals surface area contributed by atoms with Crippen molar-refractivity contribution >= 4 is 11.6 Å². The number of aliphatic hydroxyl groups excluding tert-OH is 1. The van der Waals surface area contributed by atoms with Crippen LogP contribution in [0, 0.1) is 0 Å². The largest absolute Gasteiger partial charge is 0.492 e. The molecule has 0 aromatic carbocycles. The summed E-state index contributed by atoms with van der Waals surface area (Å²) in [5, 5.41) is 9.09. The van der Waals surface area contributed by atoms with Crippen molar-refractivity contribution in [3.8, 4) is 5.75 Å². The molecule has 0 unspecified atom stereocenters. The van der Waals surface area contributed by atoms with Gasteiger partial charge >= 0.3 is 0 Å². The standard InChI is InChI=1S/C9H12ClNO2/c10-8-5-9(7-11-6-8)13-4-2-1-3-12/h5-7,12H,1-4H2. The van der Waals surface area contributed by atoms with Crippen molar-refractivity contribution in [2.75, 3.05) is 13.2 Å². The number of unbranched alkanes of at least 4 members (excludes halogenated alkanes) is 1. The summed E-state index contributed by atoms with van der Waals surface area (Å²) >= 11 is 5.70. The van der Waals surface area contributed by atoms with Gasteiger partial charge in [-0.1, -0.05) is 11.6 Å². The van der Waals surface area contributed by atoms with Crippen LogP contribution < -0.4 is 4.74 Å². The van der Waals surface area contributed by atoms with E-state index in [1.807, 2.05) is 0 Å². The van der Waals surface area contributed by atoms with E-state index in [0.29, 0.717) is 17.4 Å². The Bertz CT molecular complexity index is 255. The second kappa shape index (κ2) is 5.78. The highest BCUT2D eigenvalue weighted by atomic mass is 35.5. The smallest absolute Gasteiger partial charge is 0.139 e. The predicted molar refractivity (Wildman–Crippen MR) is 51.1 cm³/mol. The summed E-state index contributed by atoms with van der Waals surface area (Å²) in [6, 6.07) is 1.72. The minimum atomic E-state index is 0.206. The highest BCUT2D eigenvalue weighted by molar-refractivity contribution is 6.30. The molecular formula is C9H12ClNO2. The Hall–Kier alpha value is -0.800. The molecule has 0 fully saturated rings. The zero-order chi connectivity index (χ0) is 9.52. The number of pyridine rings is 1. The SMILES string of the molecule is OCCCCOc1cncc(Cl)c1. The van der Waals surface area contributed by atoms with Crippen LogP contribution in [0.2, 0.25) is 5.02 Å². The molecule has 0 saturated carbocycles. The van der Waals surface area contributed by atoms with Crippen molar-refractivity contribution < 1.29 is 9.84 Å². The zero-order valence-corrected chi connectivity index (χ0v) is 8.00. The second-order valence-corrected chi connectivity index (χ2v) is 3.05. The average molecular weight is 202 g/mol. The zero-order valence-electron chi connectivity index (χ0n) is 7.24. The maximum Gasteiger partial charge on any atom is 0.139 e. The average Bonchev–Trinajstić information content (AvgIpc) is 2.13. The fraction of sp³-hybridized carbons (Fsp3) is 0.444. The summed E-state index contributed by atoms with van der Waals surface area (Å²) in [7, 11) is 0. The number of aromatic nitrogens is 1. The molecule has 0 atom stereocenters. The minimum Gasteiger partial charge on any atom is -0.492 e. The molecule has 0 spiro atoms. The van der Waals surface area contributed by atoms with Crippen LogP contribution in [-0.2, 0) is 0 Å². The third-order valence-corrected chi connectivity index (χ3v) is 1.71. The first-order valence-electron chi connectivity index (χ1n) is 4.17. The molecule has 1 aromatic heterocycles. The van der Waals surface area contributed by atoms with Gasteiger partial charge in [0.15, 0.2) is 0 Å². The first-order valence-corrected chi connectivity index (χ1v) is 4.55. The monoisotopic (exact) mass is 201 g/mol. The van der Waals surface area contributed by atoms with Crippen LogP contribution in [0.4, 0.5) is 0 Å². The molecule has 0 saturated heterocycles. The molecule has 0 aliphatic heterocycles. The normalized spacial score (nSPS) is 10.0. The van der Waals surface area contributed by atoms with Crippen molar-refractivity contribution in [3.63, 3.8) is 0 Å². The maximum absolute atomic E-state index is 8.52. The summed E-state index contributed by atoms with van der Waals surface area (Å²) in [6.45, 7) is 0.791. The number of rotatable bonds is 5. The van der Waals surface area contributed by atoms with Crippen LogP contribution >= 0.6 is 11.6 Å². The summed E-state index contributed by atoms with van der Waals surface area (Å²) in [5.41, 5.74) is 0. The third kappa shape index (κ3) is 4.10. The number of aliphatic hydroxyl groups is 1. The molecule has 0 aliphatic carbocycles. The quantitative estimate of drug-likeness (QED) is 0.740. The molecule has 3 nitrogen and oxygen atoms in total. The van der Waals surface area contributed by atoms with Gasteiger partial charge in [-0.15, -0.1) is 0 Å². The molecule has 0 radical (unpaired) electrons. The molecular weight excluding hydrogens is 190 g/mol. The molecule has 1 N–H and O–H groups in total. The lowest BCUT2D eigenvalue weighted by Gasteiger charge is -2.04. The Balaban J connectivity index is 2.28. The van der Waals surface area contributed by atoms with E-state index >= 15 is 0 Å². The van der Waals surface area contributed by atoms with Gasteiger partial charge in [0.05, 0.1) is 17.8 Å². The Labute approximate surface area is 82.3 Å². The van der Waals surface area contributed by atoms with Crippen molar-refractivity contribution in [3.05, 3.63) is 23.5 Å². The van der Waals surface area contributed by atoms with Gasteiger partial charge in [0.2, 0.25) is 0 Å². The van der Waals surface area contributed by atoms with Gasteiger partial charge in [0.1, 0.15) is 5.75 Å². The van der Waals surface area contributed by atoms with Gasteiger partial charge in [-0.25, -0.2) is 0 Å². The van der Waals surface area contributed by atoms with Crippen molar-refractivity contribution in [2.45, 2.75) is 12.8 Å². The molecule has 13 heavy (non-hydrogen) atoms. The van der Waals surface area contributed by atoms with Crippen LogP contribution in [0.5, 0.6) is 5.75 Å². The molecule has 4 heteroatoms. The van der Waals surface area contributed by atoms with Gasteiger partial charge in [0.25, 0.3) is 0 Å². The van der Waals surface area contributed by atoms with E-state index in [2.05, 4.69) is 4.98 Å². The summed E-state index contributed by atoms with van der Waals surface area (Å²) in [5.74, 6) is 0.672. The summed E-state index contributed by atoms with van der Waals surface area (Å²) in [6.07, 6.45) is 4.77. The number of nitrogens with zero attached hydrogens (tertiary/aromatic N) is 1. The van der Waals surface area contributed by atoms with E-state index in [-0.39, 0.29) is 6.61 Å². The Morgan fingerprint density at radius 2 is 2.23 bits per heavy atom.